The third-order valence-corrected chi connectivity index (χ3v) is 6.74. The van der Waals surface area contributed by atoms with Crippen LogP contribution in [-0.2, 0) is 22.6 Å². The first-order valence-corrected chi connectivity index (χ1v) is 11.6. The molecule has 160 valence electrons. The SMILES string of the molecule is O=C(NCc1ccccc1CN1CCOCC1)[C@@H]1CCCN(C(=O)c2cccs2)C1. The van der Waals surface area contributed by atoms with Gasteiger partial charge in [0.1, 0.15) is 0 Å². The molecule has 2 fully saturated rings. The molecule has 0 aliphatic carbocycles. The second-order valence-corrected chi connectivity index (χ2v) is 8.89. The van der Waals surface area contributed by atoms with E-state index in [0.717, 1.165) is 62.7 Å². The van der Waals surface area contributed by atoms with E-state index in [1.54, 1.807) is 0 Å². The highest BCUT2D eigenvalue weighted by Crippen LogP contribution is 2.21. The van der Waals surface area contributed by atoms with Crippen LogP contribution in [0.15, 0.2) is 41.8 Å². The molecule has 2 saturated heterocycles. The third-order valence-electron chi connectivity index (χ3n) is 5.88. The first-order chi connectivity index (χ1) is 14.7. The van der Waals surface area contributed by atoms with Gasteiger partial charge in [-0.3, -0.25) is 14.5 Å². The smallest absolute Gasteiger partial charge is 0.263 e. The van der Waals surface area contributed by atoms with E-state index in [2.05, 4.69) is 28.4 Å². The molecule has 3 heterocycles. The Morgan fingerprint density at radius 2 is 1.87 bits per heavy atom. The summed E-state index contributed by atoms with van der Waals surface area (Å²) >= 11 is 1.45. The molecule has 0 saturated carbocycles. The maximum Gasteiger partial charge on any atom is 0.263 e. The largest absolute Gasteiger partial charge is 0.379 e. The second kappa shape index (κ2) is 10.2. The van der Waals surface area contributed by atoms with Gasteiger partial charge in [0, 0.05) is 39.3 Å². The fraction of sp³-hybridized carbons (Fsp3) is 0.478. The number of likely N-dealkylation sites (tertiary alicyclic amines) is 1. The minimum absolute atomic E-state index is 0.0401. The quantitative estimate of drug-likeness (QED) is 0.770. The first kappa shape index (κ1) is 21.0. The van der Waals surface area contributed by atoms with Crippen molar-refractivity contribution in [3.8, 4) is 0 Å². The number of benzene rings is 1. The fourth-order valence-corrected chi connectivity index (χ4v) is 4.83. The van der Waals surface area contributed by atoms with Crippen molar-refractivity contribution in [2.24, 2.45) is 5.92 Å². The Morgan fingerprint density at radius 1 is 1.07 bits per heavy atom. The topological polar surface area (TPSA) is 61.9 Å². The molecule has 1 aromatic carbocycles. The van der Waals surface area contributed by atoms with Crippen molar-refractivity contribution in [1.82, 2.24) is 15.1 Å². The summed E-state index contributed by atoms with van der Waals surface area (Å²) in [5, 5.41) is 5.04. The zero-order chi connectivity index (χ0) is 20.8. The molecule has 2 aliphatic rings. The van der Waals surface area contributed by atoms with Crippen LogP contribution in [0.3, 0.4) is 0 Å². The molecule has 7 heteroatoms. The van der Waals surface area contributed by atoms with E-state index < -0.39 is 0 Å². The molecule has 1 aromatic heterocycles. The summed E-state index contributed by atoms with van der Waals surface area (Å²) < 4.78 is 5.44. The van der Waals surface area contributed by atoms with Gasteiger partial charge in [0.05, 0.1) is 24.0 Å². The van der Waals surface area contributed by atoms with E-state index in [1.165, 1.54) is 16.9 Å². The Balaban J connectivity index is 1.32. The van der Waals surface area contributed by atoms with Crippen LogP contribution < -0.4 is 5.32 Å². The van der Waals surface area contributed by atoms with Gasteiger partial charge in [0.25, 0.3) is 5.91 Å². The standard InChI is InChI=1S/C23H29N3O3S/c27-22(20-7-3-9-26(17-20)23(28)21-8-4-14-30-21)24-15-18-5-1-2-6-19(18)16-25-10-12-29-13-11-25/h1-2,4-6,8,14,20H,3,7,9-13,15-17H2,(H,24,27)/t20-/m1/s1. The molecule has 30 heavy (non-hydrogen) atoms. The maximum absolute atomic E-state index is 12.9. The van der Waals surface area contributed by atoms with Crippen LogP contribution in [0.4, 0.5) is 0 Å². The summed E-state index contributed by atoms with van der Waals surface area (Å²) in [6.07, 6.45) is 1.69. The van der Waals surface area contributed by atoms with Crippen LogP contribution in [0.2, 0.25) is 0 Å². The summed E-state index contributed by atoms with van der Waals surface area (Å²) in [6.45, 7) is 6.06. The van der Waals surface area contributed by atoms with Gasteiger partial charge in [0.2, 0.25) is 5.91 Å². The zero-order valence-corrected chi connectivity index (χ0v) is 18.0. The molecule has 2 amide bonds. The summed E-state index contributed by atoms with van der Waals surface area (Å²) in [4.78, 5) is 30.4. The van der Waals surface area contributed by atoms with Gasteiger partial charge in [0.15, 0.2) is 0 Å². The molecular weight excluding hydrogens is 398 g/mol. The molecule has 2 aromatic rings. The van der Waals surface area contributed by atoms with Crippen molar-refractivity contribution < 1.29 is 14.3 Å². The van der Waals surface area contributed by atoms with Gasteiger partial charge in [-0.2, -0.15) is 0 Å². The number of hydrogen-bond acceptors (Lipinski definition) is 5. The van der Waals surface area contributed by atoms with Crippen LogP contribution >= 0.6 is 11.3 Å². The molecule has 0 spiro atoms. The molecule has 0 unspecified atom stereocenters. The number of piperidine rings is 1. The summed E-state index contributed by atoms with van der Waals surface area (Å²) in [5.41, 5.74) is 2.40. The number of morpholine rings is 1. The first-order valence-electron chi connectivity index (χ1n) is 10.7. The molecule has 0 bridgehead atoms. The van der Waals surface area contributed by atoms with Crippen LogP contribution in [0.5, 0.6) is 0 Å². The predicted octanol–water partition coefficient (Wildman–Crippen LogP) is 2.75. The van der Waals surface area contributed by atoms with Crippen LogP contribution in [0.1, 0.15) is 33.6 Å². The number of carbonyl (C=O) groups is 2. The summed E-state index contributed by atoms with van der Waals surface area (Å²) in [5.74, 6) is -0.0627. The highest BCUT2D eigenvalue weighted by molar-refractivity contribution is 7.12. The van der Waals surface area contributed by atoms with Crippen molar-refractivity contribution in [3.63, 3.8) is 0 Å². The minimum Gasteiger partial charge on any atom is -0.379 e. The van der Waals surface area contributed by atoms with E-state index in [-0.39, 0.29) is 17.7 Å². The normalized spacial score (nSPS) is 20.1. The number of thiophene rings is 1. The third kappa shape index (κ3) is 5.28. The van der Waals surface area contributed by atoms with Gasteiger partial charge < -0.3 is 15.0 Å². The molecule has 0 radical (unpaired) electrons. The van der Waals surface area contributed by atoms with Gasteiger partial charge in [-0.1, -0.05) is 30.3 Å². The average molecular weight is 428 g/mol. The molecule has 4 rings (SSSR count). The second-order valence-electron chi connectivity index (χ2n) is 7.94. The lowest BCUT2D eigenvalue weighted by Gasteiger charge is -2.32. The summed E-state index contributed by atoms with van der Waals surface area (Å²) in [6, 6.07) is 12.0. The number of nitrogens with zero attached hydrogens (tertiary/aromatic N) is 2. The van der Waals surface area contributed by atoms with Crippen molar-refractivity contribution in [1.29, 1.82) is 0 Å². The lowest BCUT2D eigenvalue weighted by molar-refractivity contribution is -0.126. The Labute approximate surface area is 181 Å². The Kier molecular flexibility index (Phi) is 7.15. The summed E-state index contributed by atoms with van der Waals surface area (Å²) in [7, 11) is 0. The number of rotatable bonds is 6. The average Bonchev–Trinajstić information content (AvgIpc) is 3.33. The Bertz CT molecular complexity index is 849. The molecule has 6 nitrogen and oxygen atoms in total. The van der Waals surface area contributed by atoms with Crippen molar-refractivity contribution in [2.45, 2.75) is 25.9 Å². The van der Waals surface area contributed by atoms with Gasteiger partial charge in [-0.05, 0) is 35.4 Å². The number of hydrogen-bond donors (Lipinski definition) is 1. The van der Waals surface area contributed by atoms with Crippen molar-refractivity contribution in [3.05, 3.63) is 57.8 Å². The van der Waals surface area contributed by atoms with E-state index in [4.69, 9.17) is 4.74 Å². The minimum atomic E-state index is -0.144. The molecular formula is C23H29N3O3S. The number of carbonyl (C=O) groups excluding carboxylic acids is 2. The number of nitrogens with one attached hydrogen (secondary N) is 1. The van der Waals surface area contributed by atoms with Gasteiger partial charge >= 0.3 is 0 Å². The van der Waals surface area contributed by atoms with E-state index in [0.29, 0.717) is 13.1 Å². The monoisotopic (exact) mass is 427 g/mol. The number of ether oxygens (including phenoxy) is 1. The van der Waals surface area contributed by atoms with Crippen LogP contribution in [0.25, 0.3) is 0 Å². The lowest BCUT2D eigenvalue weighted by atomic mass is 9.96. The molecule has 1 N–H and O–H groups in total. The van der Waals surface area contributed by atoms with Crippen LogP contribution in [-0.4, -0.2) is 61.0 Å². The highest BCUT2D eigenvalue weighted by Gasteiger charge is 2.29. The molecule has 1 atom stereocenters. The number of amides is 2. The van der Waals surface area contributed by atoms with E-state index in [1.807, 2.05) is 28.5 Å². The van der Waals surface area contributed by atoms with E-state index in [9.17, 15) is 9.59 Å². The molecule has 2 aliphatic heterocycles. The fourth-order valence-electron chi connectivity index (χ4n) is 4.14. The Morgan fingerprint density at radius 3 is 2.63 bits per heavy atom. The van der Waals surface area contributed by atoms with Gasteiger partial charge in [-0.15, -0.1) is 11.3 Å². The predicted molar refractivity (Wildman–Crippen MR) is 117 cm³/mol. The highest BCUT2D eigenvalue weighted by atomic mass is 32.1. The van der Waals surface area contributed by atoms with Crippen molar-refractivity contribution in [2.75, 3.05) is 39.4 Å². The van der Waals surface area contributed by atoms with Crippen LogP contribution in [0, 0.1) is 5.92 Å². The van der Waals surface area contributed by atoms with Crippen molar-refractivity contribution >= 4 is 23.2 Å². The van der Waals surface area contributed by atoms with Gasteiger partial charge in [-0.25, -0.2) is 0 Å². The Hall–Kier alpha value is -2.22. The zero-order valence-electron chi connectivity index (χ0n) is 17.2. The lowest BCUT2D eigenvalue weighted by Crippen LogP contribution is -2.45. The maximum atomic E-state index is 12.9. The van der Waals surface area contributed by atoms with E-state index >= 15 is 0 Å².